The number of carbonyl (C=O) groups excluding carboxylic acids is 4. The Labute approximate surface area is 377 Å². The van der Waals surface area contributed by atoms with Crippen molar-refractivity contribution in [2.75, 3.05) is 13.7 Å². The highest BCUT2D eigenvalue weighted by Gasteiger charge is 2.57. The van der Waals surface area contributed by atoms with E-state index in [9.17, 15) is 29.4 Å². The summed E-state index contributed by atoms with van der Waals surface area (Å²) in [5.41, 5.74) is 1.32. The van der Waals surface area contributed by atoms with E-state index in [-0.39, 0.29) is 31.0 Å². The summed E-state index contributed by atoms with van der Waals surface area (Å²) in [6.07, 6.45) is 0.408. The van der Waals surface area contributed by atoms with Gasteiger partial charge in [0.2, 0.25) is 0 Å². The Morgan fingerprint density at radius 2 is 1.72 bits per heavy atom. The molecule has 0 saturated carbocycles. The van der Waals surface area contributed by atoms with Gasteiger partial charge in [-0.1, -0.05) is 70.2 Å². The molecule has 1 aromatic heterocycles. The molecular formula is C50H67N3O11. The van der Waals surface area contributed by atoms with Crippen molar-refractivity contribution in [1.82, 2.24) is 15.2 Å². The molecule has 0 aliphatic carbocycles. The first-order valence-electron chi connectivity index (χ1n) is 22.6. The number of benzene rings is 2. The maximum absolute atomic E-state index is 14.7. The van der Waals surface area contributed by atoms with E-state index in [1.165, 1.54) is 6.92 Å². The summed E-state index contributed by atoms with van der Waals surface area (Å²) in [5, 5.41) is 26.9. The summed E-state index contributed by atoms with van der Waals surface area (Å²) in [6, 6.07) is 12.3. The zero-order chi connectivity index (χ0) is 46.8. The number of nitrogens with zero attached hydrogens (tertiary/aromatic N) is 2. The van der Waals surface area contributed by atoms with Crippen molar-refractivity contribution in [3.63, 3.8) is 0 Å². The molecule has 4 heterocycles. The lowest BCUT2D eigenvalue weighted by Gasteiger charge is -2.47. The van der Waals surface area contributed by atoms with Gasteiger partial charge >= 0.3 is 12.1 Å². The Morgan fingerprint density at radius 1 is 1.00 bits per heavy atom. The lowest BCUT2D eigenvalue weighted by molar-refractivity contribution is -0.297. The fraction of sp³-hybridized carbons (Fsp3) is 0.580. The molecule has 2 aromatic carbocycles. The number of esters is 1. The number of carbonyl (C=O) groups is 4. The molecule has 0 bridgehead atoms. The van der Waals surface area contributed by atoms with E-state index in [1.54, 1.807) is 47.7 Å². The van der Waals surface area contributed by atoms with Gasteiger partial charge in [0.05, 0.1) is 36.0 Å². The second kappa shape index (κ2) is 19.8. The molecule has 64 heavy (non-hydrogen) atoms. The van der Waals surface area contributed by atoms with Gasteiger partial charge in [-0.3, -0.25) is 24.3 Å². The molecule has 3 fully saturated rings. The van der Waals surface area contributed by atoms with Crippen molar-refractivity contribution < 1.29 is 53.1 Å². The van der Waals surface area contributed by atoms with E-state index in [0.29, 0.717) is 18.5 Å². The van der Waals surface area contributed by atoms with Gasteiger partial charge in [0.1, 0.15) is 29.7 Å². The third kappa shape index (κ3) is 10.1. The molecule has 6 rings (SSSR count). The topological polar surface area (TPSA) is 183 Å². The average Bonchev–Trinajstić information content (AvgIpc) is 3.59. The molecule has 3 saturated heterocycles. The second-order valence-corrected chi connectivity index (χ2v) is 18.8. The fourth-order valence-electron chi connectivity index (χ4n) is 10.0. The van der Waals surface area contributed by atoms with Gasteiger partial charge < -0.3 is 39.2 Å². The van der Waals surface area contributed by atoms with Crippen molar-refractivity contribution in [3.8, 4) is 5.75 Å². The van der Waals surface area contributed by atoms with Gasteiger partial charge in [0.25, 0.3) is 0 Å². The lowest BCUT2D eigenvalue weighted by atomic mass is 9.73. The normalized spacial score (nSPS) is 34.4. The molecule has 348 valence electrons. The molecule has 0 spiro atoms. The molecule has 14 nitrogen and oxygen atoms in total. The number of likely N-dealkylation sites (N-methyl/N-ethyl adjacent to an activating group) is 1. The maximum atomic E-state index is 14.7. The number of aliphatic hydroxyl groups is 1. The van der Waals surface area contributed by atoms with Crippen molar-refractivity contribution in [1.29, 1.82) is 0 Å². The van der Waals surface area contributed by atoms with Crippen LogP contribution < -0.4 is 5.32 Å². The fourth-order valence-corrected chi connectivity index (χ4v) is 10.0. The number of ether oxygens (including phenoxy) is 5. The van der Waals surface area contributed by atoms with Crippen LogP contribution in [0.3, 0.4) is 0 Å². The van der Waals surface area contributed by atoms with Crippen molar-refractivity contribution in [2.45, 2.75) is 149 Å². The van der Waals surface area contributed by atoms with Crippen LogP contribution in [0.4, 0.5) is 4.79 Å². The highest BCUT2D eigenvalue weighted by atomic mass is 16.7. The summed E-state index contributed by atoms with van der Waals surface area (Å²) in [4.78, 5) is 62.7. The van der Waals surface area contributed by atoms with Crippen LogP contribution in [0.2, 0.25) is 0 Å². The SMILES string of the molecule is CC[C@@H]1OC(=O)[C@H](C)C(=O)[C@H](C)[C@@H](OC2O[C@H](C)C[C@H](N(C)Cc3ccc(C)c(C)c3O)[C@H]2O)[C@@](C)(OC/C=C/c2cnc3ccccc3c2)C[C@@H](C)C(=O)[C@@H](C)[C@H]2NC(=O)O[C@]12C. The summed E-state index contributed by atoms with van der Waals surface area (Å²) >= 11 is 0. The van der Waals surface area contributed by atoms with E-state index in [1.807, 2.05) is 87.3 Å². The molecule has 3 N–H and O–H groups in total. The number of aromatic hydroxyl groups is 1. The number of ketones is 2. The van der Waals surface area contributed by atoms with Gasteiger partial charge in [0.15, 0.2) is 17.7 Å². The molecule has 3 aliphatic heterocycles. The Bertz CT molecular complexity index is 2230. The Hall–Kier alpha value is -4.73. The molecule has 14 heteroatoms. The summed E-state index contributed by atoms with van der Waals surface area (Å²) in [7, 11) is 1.87. The Kier molecular flexibility index (Phi) is 15.1. The van der Waals surface area contributed by atoms with E-state index >= 15 is 0 Å². The van der Waals surface area contributed by atoms with E-state index in [4.69, 9.17) is 23.7 Å². The van der Waals surface area contributed by atoms with Gasteiger partial charge in [-0.2, -0.15) is 0 Å². The van der Waals surface area contributed by atoms with Crippen molar-refractivity contribution in [2.24, 2.45) is 23.7 Å². The standard InChI is InChI=1S/C50H67N3O11/c1-12-39-50(10)44(52-48(59)64-50)31(6)40(54)28(3)24-49(9,60-21-15-16-34-23-35-17-13-14-18-37(35)51-25-34)45(32(7)41(55)33(8)46(58)62-39)63-47-43(57)38(22-29(4)61-47)53(11)26-36-20-19-27(2)30(5)42(36)56/h13-20,23,25,28-29,31-33,38-39,43-45,47,56-57H,12,21-22,24,26H2,1-11H3,(H,52,59)/b16-15+/t28-,29-,31-,32+,33-,38+,39+,43-,44-,45-,47?,49+,50-/m1/s1. The number of nitrogens with one attached hydrogen (secondary N) is 1. The number of alkyl carbamates (subject to hydrolysis) is 1. The van der Waals surface area contributed by atoms with E-state index in [0.717, 1.165) is 27.6 Å². The number of cyclic esters (lactones) is 1. The highest BCUT2D eigenvalue weighted by molar-refractivity contribution is 6.00. The smallest absolute Gasteiger partial charge is 0.408 e. The molecule has 13 atom stereocenters. The molecule has 3 aliphatic rings. The summed E-state index contributed by atoms with van der Waals surface area (Å²) < 4.78 is 31.9. The third-order valence-electron chi connectivity index (χ3n) is 14.0. The van der Waals surface area contributed by atoms with Crippen molar-refractivity contribution in [3.05, 3.63) is 77.0 Å². The van der Waals surface area contributed by atoms with Gasteiger partial charge in [-0.15, -0.1) is 0 Å². The van der Waals surface area contributed by atoms with Crippen LogP contribution in [0.25, 0.3) is 17.0 Å². The Balaban J connectivity index is 1.38. The number of hydrogen-bond donors (Lipinski definition) is 3. The van der Waals surface area contributed by atoms with Gasteiger partial charge in [0, 0.05) is 47.5 Å². The molecule has 3 aromatic rings. The van der Waals surface area contributed by atoms with Gasteiger partial charge in [-0.25, -0.2) is 4.79 Å². The van der Waals surface area contributed by atoms with Crippen molar-refractivity contribution >= 4 is 40.6 Å². The third-order valence-corrected chi connectivity index (χ3v) is 14.0. The quantitative estimate of drug-likeness (QED) is 0.140. The summed E-state index contributed by atoms with van der Waals surface area (Å²) in [6.45, 7) is 17.9. The first kappa shape index (κ1) is 48.7. The van der Waals surface area contributed by atoms with Crippen LogP contribution in [0.15, 0.2) is 54.7 Å². The zero-order valence-electron chi connectivity index (χ0n) is 39.1. The number of aromatic nitrogens is 1. The lowest BCUT2D eigenvalue weighted by Crippen LogP contribution is -2.60. The number of fused-ring (bicyclic) bond motifs is 2. The van der Waals surface area contributed by atoms with Crippen LogP contribution in [0.1, 0.15) is 96.9 Å². The predicted octanol–water partition coefficient (Wildman–Crippen LogP) is 7.00. The van der Waals surface area contributed by atoms with Crippen LogP contribution in [-0.4, -0.2) is 111 Å². The van der Waals surface area contributed by atoms with E-state index < -0.39 is 95.5 Å². The molecular weight excluding hydrogens is 819 g/mol. The van der Waals surface area contributed by atoms with E-state index in [2.05, 4.69) is 10.3 Å². The van der Waals surface area contributed by atoms with Crippen LogP contribution in [0.5, 0.6) is 5.75 Å². The highest BCUT2D eigenvalue weighted by Crippen LogP contribution is 2.41. The number of phenols is 1. The molecule has 1 amide bonds. The first-order chi connectivity index (χ1) is 30.2. The zero-order valence-corrected chi connectivity index (χ0v) is 39.1. The number of amides is 1. The van der Waals surface area contributed by atoms with Crippen LogP contribution >= 0.6 is 0 Å². The Morgan fingerprint density at radius 3 is 2.44 bits per heavy atom. The first-order valence-corrected chi connectivity index (χ1v) is 22.6. The number of phenolic OH excluding ortho intramolecular Hbond substituents is 1. The predicted molar refractivity (Wildman–Crippen MR) is 241 cm³/mol. The number of Topliss-reactive ketones (excluding diaryl/α,β-unsaturated/α-hetero) is 2. The largest absolute Gasteiger partial charge is 0.507 e. The second-order valence-electron chi connectivity index (χ2n) is 18.8. The molecule has 1 unspecified atom stereocenters. The minimum absolute atomic E-state index is 0.0240. The minimum atomic E-state index is -1.43. The number of hydrogen-bond acceptors (Lipinski definition) is 13. The average molecular weight is 886 g/mol. The number of pyridine rings is 1. The monoisotopic (exact) mass is 885 g/mol. The summed E-state index contributed by atoms with van der Waals surface area (Å²) in [5.74, 6) is -5.19. The van der Waals surface area contributed by atoms with Crippen LogP contribution in [0, 0.1) is 37.5 Å². The maximum Gasteiger partial charge on any atom is 0.408 e. The number of aliphatic hydroxyl groups excluding tert-OH is 1. The molecule has 0 radical (unpaired) electrons. The van der Waals surface area contributed by atoms with Crippen LogP contribution in [-0.2, 0) is 44.6 Å². The number of rotatable bonds is 10. The number of para-hydroxylation sites is 1. The minimum Gasteiger partial charge on any atom is -0.507 e. The number of aryl methyl sites for hydroxylation is 1. The van der Waals surface area contributed by atoms with Gasteiger partial charge in [-0.05, 0) is 96.7 Å².